The summed E-state index contributed by atoms with van der Waals surface area (Å²) in [6.07, 6.45) is 1.94. The number of aromatic nitrogens is 5. The Morgan fingerprint density at radius 3 is 2.71 bits per heavy atom. The molecule has 0 aliphatic rings. The molecule has 116 valence electrons. The fourth-order valence-corrected chi connectivity index (χ4v) is 1.85. The quantitative estimate of drug-likeness (QED) is 0.868. The SMILES string of the molecule is Cc1cc(OCCn2cc(CNC(C)(C)C)nn2)n(C)n1. The zero-order valence-electron chi connectivity index (χ0n) is 13.4. The van der Waals surface area contributed by atoms with Crippen LogP contribution in [0, 0.1) is 6.92 Å². The highest BCUT2D eigenvalue weighted by Gasteiger charge is 2.10. The fourth-order valence-electron chi connectivity index (χ4n) is 1.85. The molecule has 2 rings (SSSR count). The molecule has 1 N–H and O–H groups in total. The van der Waals surface area contributed by atoms with E-state index in [0.717, 1.165) is 17.3 Å². The molecule has 0 radical (unpaired) electrons. The van der Waals surface area contributed by atoms with E-state index in [1.807, 2.05) is 26.2 Å². The van der Waals surface area contributed by atoms with Crippen molar-refractivity contribution in [3.8, 4) is 5.88 Å². The average Bonchev–Trinajstić information content (AvgIpc) is 2.94. The zero-order chi connectivity index (χ0) is 15.5. The molecule has 0 fully saturated rings. The maximum atomic E-state index is 5.68. The van der Waals surface area contributed by atoms with E-state index in [1.165, 1.54) is 0 Å². The van der Waals surface area contributed by atoms with Gasteiger partial charge < -0.3 is 10.1 Å². The predicted octanol–water partition coefficient (Wildman–Crippen LogP) is 1.29. The van der Waals surface area contributed by atoms with Crippen LogP contribution in [0.25, 0.3) is 0 Å². The molecule has 0 aliphatic carbocycles. The second-order valence-corrected chi connectivity index (χ2v) is 6.17. The second kappa shape index (κ2) is 6.26. The first-order chi connectivity index (χ1) is 9.83. The van der Waals surface area contributed by atoms with E-state index in [4.69, 9.17) is 4.74 Å². The van der Waals surface area contributed by atoms with Gasteiger partial charge in [0.25, 0.3) is 0 Å². The summed E-state index contributed by atoms with van der Waals surface area (Å²) < 4.78 is 9.21. The summed E-state index contributed by atoms with van der Waals surface area (Å²) in [4.78, 5) is 0. The smallest absolute Gasteiger partial charge is 0.211 e. The van der Waals surface area contributed by atoms with E-state index in [1.54, 1.807) is 9.36 Å². The summed E-state index contributed by atoms with van der Waals surface area (Å²) in [5.74, 6) is 0.766. The molecule has 0 saturated carbocycles. The third-order valence-electron chi connectivity index (χ3n) is 2.92. The lowest BCUT2D eigenvalue weighted by atomic mass is 10.1. The van der Waals surface area contributed by atoms with Crippen molar-refractivity contribution in [3.05, 3.63) is 23.7 Å². The van der Waals surface area contributed by atoms with E-state index in [2.05, 4.69) is 41.5 Å². The first-order valence-corrected chi connectivity index (χ1v) is 7.11. The summed E-state index contributed by atoms with van der Waals surface area (Å²) in [6.45, 7) is 10.2. The molecule has 7 nitrogen and oxygen atoms in total. The van der Waals surface area contributed by atoms with Gasteiger partial charge in [-0.15, -0.1) is 5.10 Å². The Morgan fingerprint density at radius 2 is 2.10 bits per heavy atom. The Balaban J connectivity index is 1.79. The lowest BCUT2D eigenvalue weighted by molar-refractivity contribution is 0.267. The van der Waals surface area contributed by atoms with E-state index >= 15 is 0 Å². The highest BCUT2D eigenvalue weighted by atomic mass is 16.5. The first kappa shape index (κ1) is 15.5. The van der Waals surface area contributed by atoms with Crippen molar-refractivity contribution in [1.82, 2.24) is 30.1 Å². The maximum Gasteiger partial charge on any atom is 0.211 e. The molecule has 0 amide bonds. The minimum absolute atomic E-state index is 0.0737. The van der Waals surface area contributed by atoms with Gasteiger partial charge in [-0.25, -0.2) is 9.36 Å². The Bertz CT molecular complexity index is 581. The molecule has 0 bridgehead atoms. The van der Waals surface area contributed by atoms with Gasteiger partial charge in [-0.05, 0) is 27.7 Å². The summed E-state index contributed by atoms with van der Waals surface area (Å²) in [5.41, 5.74) is 1.95. The van der Waals surface area contributed by atoms with Crippen molar-refractivity contribution < 1.29 is 4.74 Å². The molecule has 7 heteroatoms. The number of rotatable bonds is 6. The number of aryl methyl sites for hydroxylation is 2. The molecule has 2 aromatic rings. The molecule has 0 unspecified atom stereocenters. The first-order valence-electron chi connectivity index (χ1n) is 7.11. The third-order valence-corrected chi connectivity index (χ3v) is 2.92. The molecular formula is C14H24N6O. The summed E-state index contributed by atoms with van der Waals surface area (Å²) in [6, 6.07) is 1.92. The molecule has 2 aromatic heterocycles. The van der Waals surface area contributed by atoms with Gasteiger partial charge >= 0.3 is 0 Å². The molecule has 0 saturated heterocycles. The Morgan fingerprint density at radius 1 is 1.33 bits per heavy atom. The van der Waals surface area contributed by atoms with Crippen LogP contribution < -0.4 is 10.1 Å². The largest absolute Gasteiger partial charge is 0.476 e. The highest BCUT2D eigenvalue weighted by Crippen LogP contribution is 2.10. The van der Waals surface area contributed by atoms with Crippen LogP contribution in [0.1, 0.15) is 32.2 Å². The van der Waals surface area contributed by atoms with Crippen molar-refractivity contribution in [3.63, 3.8) is 0 Å². The highest BCUT2D eigenvalue weighted by molar-refractivity contribution is 5.14. The standard InChI is InChI=1S/C14H24N6O/c1-11-8-13(19(5)17-11)21-7-6-20-10-12(16-18-20)9-15-14(2,3)4/h8,10,15H,6-7,9H2,1-5H3. The Kier molecular flexibility index (Phi) is 4.62. The van der Waals surface area contributed by atoms with Gasteiger partial charge in [0.05, 0.1) is 17.9 Å². The molecule has 0 aliphatic heterocycles. The van der Waals surface area contributed by atoms with Gasteiger partial charge in [-0.3, -0.25) is 0 Å². The van der Waals surface area contributed by atoms with Gasteiger partial charge in [-0.1, -0.05) is 5.21 Å². The van der Waals surface area contributed by atoms with Gasteiger partial charge in [0.2, 0.25) is 5.88 Å². The van der Waals surface area contributed by atoms with Crippen molar-refractivity contribution in [2.75, 3.05) is 6.61 Å². The van der Waals surface area contributed by atoms with Crippen LogP contribution in [0.4, 0.5) is 0 Å². The number of ether oxygens (including phenoxy) is 1. The van der Waals surface area contributed by atoms with Crippen molar-refractivity contribution in [2.45, 2.75) is 46.3 Å². The summed E-state index contributed by atoms with van der Waals surface area (Å²) in [5, 5.41) is 15.9. The summed E-state index contributed by atoms with van der Waals surface area (Å²) in [7, 11) is 1.87. The lowest BCUT2D eigenvalue weighted by Gasteiger charge is -2.19. The average molecular weight is 292 g/mol. The number of nitrogens with one attached hydrogen (secondary N) is 1. The van der Waals surface area contributed by atoms with Gasteiger partial charge in [0.1, 0.15) is 6.61 Å². The Labute approximate surface area is 125 Å². The minimum Gasteiger partial charge on any atom is -0.476 e. The van der Waals surface area contributed by atoms with E-state index in [-0.39, 0.29) is 5.54 Å². The van der Waals surface area contributed by atoms with Crippen molar-refractivity contribution in [1.29, 1.82) is 0 Å². The third kappa shape index (κ3) is 4.86. The van der Waals surface area contributed by atoms with Crippen LogP contribution in [-0.4, -0.2) is 36.9 Å². The van der Waals surface area contributed by atoms with Crippen LogP contribution in [0.5, 0.6) is 5.88 Å². The van der Waals surface area contributed by atoms with Crippen LogP contribution in [0.3, 0.4) is 0 Å². The topological polar surface area (TPSA) is 69.8 Å². The minimum atomic E-state index is 0.0737. The fraction of sp³-hybridized carbons (Fsp3) is 0.643. The lowest BCUT2D eigenvalue weighted by Crippen LogP contribution is -2.35. The summed E-state index contributed by atoms with van der Waals surface area (Å²) >= 11 is 0. The van der Waals surface area contributed by atoms with Crippen LogP contribution >= 0.6 is 0 Å². The number of hydrogen-bond donors (Lipinski definition) is 1. The predicted molar refractivity (Wildman–Crippen MR) is 80.1 cm³/mol. The van der Waals surface area contributed by atoms with Crippen molar-refractivity contribution in [2.24, 2.45) is 7.05 Å². The molecule has 0 spiro atoms. The molecule has 0 aromatic carbocycles. The molecule has 21 heavy (non-hydrogen) atoms. The number of hydrogen-bond acceptors (Lipinski definition) is 5. The van der Waals surface area contributed by atoms with Crippen LogP contribution in [0.2, 0.25) is 0 Å². The van der Waals surface area contributed by atoms with Crippen LogP contribution in [-0.2, 0) is 20.1 Å². The van der Waals surface area contributed by atoms with Crippen molar-refractivity contribution >= 4 is 0 Å². The maximum absolute atomic E-state index is 5.68. The van der Waals surface area contributed by atoms with Gasteiger partial charge in [0.15, 0.2) is 0 Å². The normalized spacial score (nSPS) is 11.9. The van der Waals surface area contributed by atoms with E-state index in [0.29, 0.717) is 19.7 Å². The molecular weight excluding hydrogens is 268 g/mol. The van der Waals surface area contributed by atoms with E-state index in [9.17, 15) is 0 Å². The number of nitrogens with zero attached hydrogens (tertiary/aromatic N) is 5. The van der Waals surface area contributed by atoms with Gasteiger partial charge in [0, 0.05) is 31.4 Å². The zero-order valence-corrected chi connectivity index (χ0v) is 13.4. The van der Waals surface area contributed by atoms with Crippen LogP contribution in [0.15, 0.2) is 12.3 Å². The van der Waals surface area contributed by atoms with E-state index < -0.39 is 0 Å². The second-order valence-electron chi connectivity index (χ2n) is 6.17. The molecule has 0 atom stereocenters. The molecule has 2 heterocycles. The Hall–Kier alpha value is -1.89. The monoisotopic (exact) mass is 292 g/mol. The van der Waals surface area contributed by atoms with Gasteiger partial charge in [-0.2, -0.15) is 5.10 Å².